The number of hydrogen-bond acceptors (Lipinski definition) is 3. The van der Waals surface area contributed by atoms with Gasteiger partial charge < -0.3 is 0 Å². The number of carbonyl (C=O) groups excluding carboxylic acids is 1. The van der Waals surface area contributed by atoms with E-state index >= 15 is 0 Å². The molecule has 0 spiro atoms. The first kappa shape index (κ1) is 11.0. The van der Waals surface area contributed by atoms with Crippen LogP contribution < -0.4 is 0 Å². The quantitative estimate of drug-likeness (QED) is 0.810. The van der Waals surface area contributed by atoms with Gasteiger partial charge in [-0.15, -0.1) is 0 Å². The Kier molecular flexibility index (Phi) is 3.41. The maximum atomic E-state index is 10.4. The van der Waals surface area contributed by atoms with Crippen LogP contribution in [0.1, 0.15) is 21.7 Å². The molecule has 2 aromatic rings. The number of nitrogens with zero attached hydrogens (tertiary/aromatic N) is 2. The lowest BCUT2D eigenvalue weighted by atomic mass is 10.1. The molecule has 3 nitrogen and oxygen atoms in total. The third kappa shape index (κ3) is 2.73. The van der Waals surface area contributed by atoms with E-state index in [0.29, 0.717) is 17.8 Å². The Labute approximate surface area is 102 Å². The summed E-state index contributed by atoms with van der Waals surface area (Å²) in [4.78, 5) is 18.7. The summed E-state index contributed by atoms with van der Waals surface area (Å²) < 4.78 is 1.05. The fourth-order valence-electron chi connectivity index (χ4n) is 1.30. The molecule has 2 rings (SSSR count). The molecule has 0 aliphatic carbocycles. The maximum Gasteiger partial charge on any atom is 0.153 e. The Morgan fingerprint density at radius 2 is 1.75 bits per heavy atom. The van der Waals surface area contributed by atoms with E-state index in [-0.39, 0.29) is 0 Å². The molecule has 1 aromatic heterocycles. The first-order valence-corrected chi connectivity index (χ1v) is 5.58. The summed E-state index contributed by atoms with van der Waals surface area (Å²) in [6, 6.07) is 7.99. The third-order valence-corrected chi connectivity index (χ3v) is 2.67. The second-order valence-electron chi connectivity index (χ2n) is 3.35. The summed E-state index contributed by atoms with van der Waals surface area (Å²) in [6.07, 6.45) is 4.48. The minimum Gasteiger partial charge on any atom is -0.298 e. The standard InChI is InChI=1S/C12H9BrN2O/c13-11-3-1-9(2-4-11)5-12-14-6-10(8-16)7-15-12/h1-4,6-8H,5H2. The summed E-state index contributed by atoms with van der Waals surface area (Å²) in [5.41, 5.74) is 1.64. The second kappa shape index (κ2) is 4.99. The van der Waals surface area contributed by atoms with Crippen molar-refractivity contribution in [2.45, 2.75) is 6.42 Å². The molecular formula is C12H9BrN2O. The van der Waals surface area contributed by atoms with Gasteiger partial charge in [0.2, 0.25) is 0 Å². The highest BCUT2D eigenvalue weighted by atomic mass is 79.9. The van der Waals surface area contributed by atoms with Crippen LogP contribution in [0.4, 0.5) is 0 Å². The van der Waals surface area contributed by atoms with Crippen LogP contribution >= 0.6 is 15.9 Å². The number of halogens is 1. The molecule has 80 valence electrons. The van der Waals surface area contributed by atoms with Crippen molar-refractivity contribution in [3.63, 3.8) is 0 Å². The normalized spacial score (nSPS) is 10.1. The minimum atomic E-state index is 0.500. The third-order valence-electron chi connectivity index (χ3n) is 2.14. The zero-order valence-electron chi connectivity index (χ0n) is 8.43. The summed E-state index contributed by atoms with van der Waals surface area (Å²) in [7, 11) is 0. The maximum absolute atomic E-state index is 10.4. The molecule has 0 atom stereocenters. The van der Waals surface area contributed by atoms with Gasteiger partial charge in [-0.1, -0.05) is 28.1 Å². The van der Waals surface area contributed by atoms with Crippen molar-refractivity contribution in [3.8, 4) is 0 Å². The van der Waals surface area contributed by atoms with Crippen molar-refractivity contribution >= 4 is 22.2 Å². The van der Waals surface area contributed by atoms with Crippen LogP contribution in [-0.4, -0.2) is 16.3 Å². The van der Waals surface area contributed by atoms with Crippen LogP contribution in [0.25, 0.3) is 0 Å². The lowest BCUT2D eigenvalue weighted by Gasteiger charge is -2.00. The summed E-state index contributed by atoms with van der Waals surface area (Å²) >= 11 is 3.38. The van der Waals surface area contributed by atoms with Gasteiger partial charge in [-0.3, -0.25) is 4.79 Å². The Morgan fingerprint density at radius 1 is 1.12 bits per heavy atom. The highest BCUT2D eigenvalue weighted by molar-refractivity contribution is 9.10. The highest BCUT2D eigenvalue weighted by Crippen LogP contribution is 2.12. The van der Waals surface area contributed by atoms with E-state index in [9.17, 15) is 4.79 Å². The molecule has 0 unspecified atom stereocenters. The molecule has 0 radical (unpaired) electrons. The van der Waals surface area contributed by atoms with E-state index in [2.05, 4.69) is 25.9 Å². The van der Waals surface area contributed by atoms with E-state index in [1.807, 2.05) is 24.3 Å². The number of aldehydes is 1. The summed E-state index contributed by atoms with van der Waals surface area (Å²) in [5.74, 6) is 0.716. The predicted octanol–water partition coefficient (Wildman–Crippen LogP) is 2.64. The van der Waals surface area contributed by atoms with E-state index in [1.54, 1.807) is 0 Å². The Hall–Kier alpha value is -1.55. The Balaban J connectivity index is 2.14. The molecule has 16 heavy (non-hydrogen) atoms. The average Bonchev–Trinajstić information content (AvgIpc) is 2.33. The number of aromatic nitrogens is 2. The van der Waals surface area contributed by atoms with Gasteiger partial charge in [0.1, 0.15) is 5.82 Å². The van der Waals surface area contributed by atoms with Crippen LogP contribution in [0.2, 0.25) is 0 Å². The fraction of sp³-hybridized carbons (Fsp3) is 0.0833. The van der Waals surface area contributed by atoms with Crippen LogP contribution in [0.3, 0.4) is 0 Å². The van der Waals surface area contributed by atoms with Gasteiger partial charge in [-0.2, -0.15) is 0 Å². The molecule has 0 saturated heterocycles. The number of hydrogen-bond donors (Lipinski definition) is 0. The second-order valence-corrected chi connectivity index (χ2v) is 4.27. The SMILES string of the molecule is O=Cc1cnc(Cc2ccc(Br)cc2)nc1. The van der Waals surface area contributed by atoms with Crippen molar-refractivity contribution < 1.29 is 4.79 Å². The minimum absolute atomic E-state index is 0.500. The lowest BCUT2D eigenvalue weighted by molar-refractivity contribution is 0.112. The molecule has 4 heteroatoms. The van der Waals surface area contributed by atoms with Gasteiger partial charge in [0, 0.05) is 23.3 Å². The first-order chi connectivity index (χ1) is 7.78. The molecule has 0 aliphatic heterocycles. The predicted molar refractivity (Wildman–Crippen MR) is 64.4 cm³/mol. The van der Waals surface area contributed by atoms with Gasteiger partial charge in [-0.25, -0.2) is 9.97 Å². The number of benzene rings is 1. The zero-order valence-corrected chi connectivity index (χ0v) is 10.0. The van der Waals surface area contributed by atoms with Gasteiger partial charge in [0.15, 0.2) is 6.29 Å². The van der Waals surface area contributed by atoms with Crippen LogP contribution in [-0.2, 0) is 6.42 Å². The van der Waals surface area contributed by atoms with Gasteiger partial charge >= 0.3 is 0 Å². The number of carbonyl (C=O) groups is 1. The molecule has 0 bridgehead atoms. The monoisotopic (exact) mass is 276 g/mol. The van der Waals surface area contributed by atoms with Gasteiger partial charge in [0.05, 0.1) is 5.56 Å². The smallest absolute Gasteiger partial charge is 0.153 e. The van der Waals surface area contributed by atoms with Crippen LogP contribution in [0.15, 0.2) is 41.1 Å². The summed E-state index contributed by atoms with van der Waals surface area (Å²) in [6.45, 7) is 0. The highest BCUT2D eigenvalue weighted by Gasteiger charge is 1.99. The molecule has 0 N–H and O–H groups in total. The largest absolute Gasteiger partial charge is 0.298 e. The van der Waals surface area contributed by atoms with Gasteiger partial charge in [0.25, 0.3) is 0 Å². The van der Waals surface area contributed by atoms with Crippen molar-refractivity contribution in [1.82, 2.24) is 9.97 Å². The molecular weight excluding hydrogens is 268 g/mol. The zero-order chi connectivity index (χ0) is 11.4. The summed E-state index contributed by atoms with van der Waals surface area (Å²) in [5, 5.41) is 0. The van der Waals surface area contributed by atoms with E-state index < -0.39 is 0 Å². The van der Waals surface area contributed by atoms with Crippen molar-refractivity contribution in [3.05, 3.63) is 58.1 Å². The molecule has 0 aliphatic rings. The van der Waals surface area contributed by atoms with Crippen LogP contribution in [0, 0.1) is 0 Å². The Bertz CT molecular complexity index is 479. The van der Waals surface area contributed by atoms with E-state index in [0.717, 1.165) is 16.3 Å². The lowest BCUT2D eigenvalue weighted by Crippen LogP contribution is -1.97. The van der Waals surface area contributed by atoms with Crippen LogP contribution in [0.5, 0.6) is 0 Å². The Morgan fingerprint density at radius 3 is 2.31 bits per heavy atom. The molecule has 0 saturated carbocycles. The van der Waals surface area contributed by atoms with E-state index in [1.165, 1.54) is 12.4 Å². The van der Waals surface area contributed by atoms with E-state index in [4.69, 9.17) is 0 Å². The van der Waals surface area contributed by atoms with Crippen molar-refractivity contribution in [2.24, 2.45) is 0 Å². The topological polar surface area (TPSA) is 42.9 Å². The van der Waals surface area contributed by atoms with Crippen molar-refractivity contribution in [1.29, 1.82) is 0 Å². The number of rotatable bonds is 3. The van der Waals surface area contributed by atoms with Crippen molar-refractivity contribution in [2.75, 3.05) is 0 Å². The fourth-order valence-corrected chi connectivity index (χ4v) is 1.57. The first-order valence-electron chi connectivity index (χ1n) is 4.78. The van der Waals surface area contributed by atoms with Gasteiger partial charge in [-0.05, 0) is 17.7 Å². The molecule has 1 aromatic carbocycles. The molecule has 0 amide bonds. The average molecular weight is 277 g/mol. The molecule has 0 fully saturated rings. The molecule has 1 heterocycles.